The predicted octanol–water partition coefficient (Wildman–Crippen LogP) is 0.677. The van der Waals surface area contributed by atoms with Crippen LogP contribution in [0.15, 0.2) is 18.5 Å². The quantitative estimate of drug-likeness (QED) is 0.714. The summed E-state index contributed by atoms with van der Waals surface area (Å²) in [5.74, 6) is -0.292. The van der Waals surface area contributed by atoms with Crippen LogP contribution in [0.25, 0.3) is 0 Å². The molecular weight excluding hydrogens is 166 g/mol. The van der Waals surface area contributed by atoms with Gasteiger partial charge in [0.1, 0.15) is 0 Å². The molecule has 0 unspecified atom stereocenters. The summed E-state index contributed by atoms with van der Waals surface area (Å²) < 4.78 is 0. The smallest absolute Gasteiger partial charge is 0.219 e. The van der Waals surface area contributed by atoms with Crippen LogP contribution in [-0.4, -0.2) is 17.4 Å². The minimum atomic E-state index is -0.292. The van der Waals surface area contributed by atoms with E-state index in [2.05, 4.69) is 10.3 Å². The Kier molecular flexibility index (Phi) is 3.25. The van der Waals surface area contributed by atoms with E-state index in [1.54, 1.807) is 12.4 Å². The minimum Gasteiger partial charge on any atom is -0.384 e. The third-order valence-electron chi connectivity index (χ3n) is 1.71. The summed E-state index contributed by atoms with van der Waals surface area (Å²) in [4.78, 5) is 14.4. The summed E-state index contributed by atoms with van der Waals surface area (Å²) in [5.41, 5.74) is 7.06. The van der Waals surface area contributed by atoms with Crippen molar-refractivity contribution in [1.82, 2.24) is 4.98 Å². The largest absolute Gasteiger partial charge is 0.384 e. The first kappa shape index (κ1) is 9.51. The van der Waals surface area contributed by atoms with Crippen LogP contribution in [0.4, 0.5) is 5.69 Å². The maximum Gasteiger partial charge on any atom is 0.219 e. The highest BCUT2D eigenvalue weighted by molar-refractivity contribution is 5.74. The van der Waals surface area contributed by atoms with E-state index in [0.717, 1.165) is 11.3 Å². The Morgan fingerprint density at radius 3 is 3.08 bits per heavy atom. The summed E-state index contributed by atoms with van der Waals surface area (Å²) in [6.07, 6.45) is 3.83. The van der Waals surface area contributed by atoms with Crippen molar-refractivity contribution in [1.29, 1.82) is 0 Å². The minimum absolute atomic E-state index is 0.292. The number of nitrogens with one attached hydrogen (secondary N) is 1. The lowest BCUT2D eigenvalue weighted by Gasteiger charge is -2.06. The van der Waals surface area contributed by atoms with E-state index in [9.17, 15) is 4.79 Å². The molecule has 1 amide bonds. The van der Waals surface area contributed by atoms with Gasteiger partial charge in [0.25, 0.3) is 0 Å². The molecule has 0 fully saturated rings. The zero-order chi connectivity index (χ0) is 9.68. The Labute approximate surface area is 77.2 Å². The number of carbonyl (C=O) groups is 1. The summed E-state index contributed by atoms with van der Waals surface area (Å²) >= 11 is 0. The Morgan fingerprint density at radius 2 is 2.46 bits per heavy atom. The van der Waals surface area contributed by atoms with Gasteiger partial charge in [-0.2, -0.15) is 0 Å². The second-order valence-corrected chi connectivity index (χ2v) is 2.83. The van der Waals surface area contributed by atoms with Crippen molar-refractivity contribution in [2.45, 2.75) is 13.3 Å². The van der Waals surface area contributed by atoms with Crippen LogP contribution in [-0.2, 0) is 4.79 Å². The fourth-order valence-corrected chi connectivity index (χ4v) is 0.992. The zero-order valence-corrected chi connectivity index (χ0v) is 7.58. The second-order valence-electron chi connectivity index (χ2n) is 2.83. The number of hydrogen-bond acceptors (Lipinski definition) is 3. The van der Waals surface area contributed by atoms with Crippen molar-refractivity contribution in [3.63, 3.8) is 0 Å². The molecule has 1 rings (SSSR count). The van der Waals surface area contributed by atoms with Gasteiger partial charge in [-0.3, -0.25) is 9.78 Å². The lowest BCUT2D eigenvalue weighted by Crippen LogP contribution is -2.16. The average Bonchev–Trinajstić information content (AvgIpc) is 2.08. The van der Waals surface area contributed by atoms with Gasteiger partial charge in [-0.25, -0.2) is 0 Å². The first-order chi connectivity index (χ1) is 6.20. The van der Waals surface area contributed by atoms with E-state index < -0.39 is 0 Å². The van der Waals surface area contributed by atoms with Gasteiger partial charge >= 0.3 is 0 Å². The maximum absolute atomic E-state index is 10.4. The second kappa shape index (κ2) is 4.45. The summed E-state index contributed by atoms with van der Waals surface area (Å²) in [5, 5.41) is 3.10. The maximum atomic E-state index is 10.4. The molecule has 0 aliphatic carbocycles. The topological polar surface area (TPSA) is 68.0 Å². The normalized spacial score (nSPS) is 9.62. The predicted molar refractivity (Wildman–Crippen MR) is 51.3 cm³/mol. The van der Waals surface area contributed by atoms with Crippen LogP contribution in [0.2, 0.25) is 0 Å². The number of carbonyl (C=O) groups excluding carboxylic acids is 1. The fraction of sp³-hybridized carbons (Fsp3) is 0.333. The third kappa shape index (κ3) is 3.11. The van der Waals surface area contributed by atoms with E-state index in [0.29, 0.717) is 13.0 Å². The molecule has 1 aromatic heterocycles. The standard InChI is InChI=1S/C9H13N3O/c1-7-6-11-4-2-8(7)12-5-3-9(10)13/h2,4,6H,3,5H2,1H3,(H2,10,13)(H,11,12). The number of rotatable bonds is 4. The first-order valence-corrected chi connectivity index (χ1v) is 4.13. The highest BCUT2D eigenvalue weighted by Crippen LogP contribution is 2.10. The molecule has 3 N–H and O–H groups in total. The van der Waals surface area contributed by atoms with Crippen LogP contribution >= 0.6 is 0 Å². The molecule has 0 bridgehead atoms. The number of nitrogens with two attached hydrogens (primary N) is 1. The summed E-state index contributed by atoms with van der Waals surface area (Å²) in [6.45, 7) is 2.53. The highest BCUT2D eigenvalue weighted by atomic mass is 16.1. The lowest BCUT2D eigenvalue weighted by molar-refractivity contribution is -0.117. The van der Waals surface area contributed by atoms with E-state index in [1.807, 2.05) is 13.0 Å². The SMILES string of the molecule is Cc1cnccc1NCCC(N)=O. The Morgan fingerprint density at radius 1 is 1.69 bits per heavy atom. The first-order valence-electron chi connectivity index (χ1n) is 4.13. The molecule has 0 aliphatic rings. The lowest BCUT2D eigenvalue weighted by atomic mass is 10.2. The van der Waals surface area contributed by atoms with Gasteiger partial charge in [-0.05, 0) is 18.6 Å². The Hall–Kier alpha value is -1.58. The molecule has 0 saturated heterocycles. The number of hydrogen-bond donors (Lipinski definition) is 2. The van der Waals surface area contributed by atoms with Gasteiger partial charge in [0.2, 0.25) is 5.91 Å². The summed E-state index contributed by atoms with van der Waals surface area (Å²) in [7, 11) is 0. The number of pyridine rings is 1. The molecule has 0 aromatic carbocycles. The van der Waals surface area contributed by atoms with Crippen molar-refractivity contribution < 1.29 is 4.79 Å². The molecule has 4 nitrogen and oxygen atoms in total. The van der Waals surface area contributed by atoms with Crippen molar-refractivity contribution in [2.24, 2.45) is 5.73 Å². The highest BCUT2D eigenvalue weighted by Gasteiger charge is 1.97. The number of nitrogens with zero attached hydrogens (tertiary/aromatic N) is 1. The number of amides is 1. The Balaban J connectivity index is 2.45. The molecular formula is C9H13N3O. The van der Waals surface area contributed by atoms with Crippen molar-refractivity contribution in [3.8, 4) is 0 Å². The molecule has 0 spiro atoms. The average molecular weight is 179 g/mol. The molecule has 4 heteroatoms. The fourth-order valence-electron chi connectivity index (χ4n) is 0.992. The van der Waals surface area contributed by atoms with Crippen LogP contribution in [0.5, 0.6) is 0 Å². The van der Waals surface area contributed by atoms with Crippen LogP contribution in [0, 0.1) is 6.92 Å². The van der Waals surface area contributed by atoms with Gasteiger partial charge in [0, 0.05) is 31.0 Å². The van der Waals surface area contributed by atoms with E-state index >= 15 is 0 Å². The van der Waals surface area contributed by atoms with E-state index in [4.69, 9.17) is 5.73 Å². The van der Waals surface area contributed by atoms with Gasteiger partial charge in [0.15, 0.2) is 0 Å². The van der Waals surface area contributed by atoms with E-state index in [1.165, 1.54) is 0 Å². The molecule has 1 aromatic rings. The van der Waals surface area contributed by atoms with Crippen molar-refractivity contribution in [3.05, 3.63) is 24.0 Å². The monoisotopic (exact) mass is 179 g/mol. The zero-order valence-electron chi connectivity index (χ0n) is 7.58. The van der Waals surface area contributed by atoms with E-state index in [-0.39, 0.29) is 5.91 Å². The van der Waals surface area contributed by atoms with Gasteiger partial charge in [-0.1, -0.05) is 0 Å². The number of anilines is 1. The molecule has 70 valence electrons. The van der Waals surface area contributed by atoms with Gasteiger partial charge < -0.3 is 11.1 Å². The molecule has 1 heterocycles. The van der Waals surface area contributed by atoms with Gasteiger partial charge in [-0.15, -0.1) is 0 Å². The van der Waals surface area contributed by atoms with Crippen molar-refractivity contribution in [2.75, 3.05) is 11.9 Å². The van der Waals surface area contributed by atoms with Crippen LogP contribution < -0.4 is 11.1 Å². The molecule has 0 saturated carbocycles. The number of aryl methyl sites for hydroxylation is 1. The molecule has 13 heavy (non-hydrogen) atoms. The molecule has 0 radical (unpaired) electrons. The number of aromatic nitrogens is 1. The van der Waals surface area contributed by atoms with Gasteiger partial charge in [0.05, 0.1) is 0 Å². The summed E-state index contributed by atoms with van der Waals surface area (Å²) in [6, 6.07) is 1.87. The molecule has 0 atom stereocenters. The van der Waals surface area contributed by atoms with Crippen LogP contribution in [0.3, 0.4) is 0 Å². The number of primary amides is 1. The van der Waals surface area contributed by atoms with Crippen molar-refractivity contribution >= 4 is 11.6 Å². The Bertz CT molecular complexity index is 299. The third-order valence-corrected chi connectivity index (χ3v) is 1.71. The van der Waals surface area contributed by atoms with Crippen LogP contribution in [0.1, 0.15) is 12.0 Å². The molecule has 0 aliphatic heterocycles.